The van der Waals surface area contributed by atoms with E-state index >= 15 is 0 Å². The number of fused-ring (bicyclic) bond motifs is 1. The van der Waals surface area contributed by atoms with Gasteiger partial charge in [-0.15, -0.1) is 0 Å². The second kappa shape index (κ2) is 4.81. The first kappa shape index (κ1) is 12.4. The Hall–Kier alpha value is -1.62. The summed E-state index contributed by atoms with van der Waals surface area (Å²) in [5.41, 5.74) is 8.43. The number of carbonyl (C=O) groups is 1. The number of thiazole rings is 1. The molecular weight excluding hydrogens is 258 g/mol. The standard InChI is InChI=1S/C14H17N3OS/c1-9-7-10(8-11-12(9)16-14(15)19-11)13(18)17-5-3-2-4-6-17/h7-8H,2-6H2,1H3,(H2,15,16). The van der Waals surface area contributed by atoms with Gasteiger partial charge in [0, 0.05) is 18.7 Å². The number of carbonyl (C=O) groups excluding carboxylic acids is 1. The third-order valence-corrected chi connectivity index (χ3v) is 4.42. The van der Waals surface area contributed by atoms with E-state index in [2.05, 4.69) is 4.98 Å². The third kappa shape index (κ3) is 2.30. The van der Waals surface area contributed by atoms with Crippen molar-refractivity contribution in [1.82, 2.24) is 9.88 Å². The molecule has 1 aliphatic heterocycles. The van der Waals surface area contributed by atoms with Crippen LogP contribution in [0.15, 0.2) is 12.1 Å². The molecule has 0 aliphatic carbocycles. The van der Waals surface area contributed by atoms with E-state index in [1.807, 2.05) is 24.0 Å². The Morgan fingerprint density at radius 1 is 1.32 bits per heavy atom. The molecule has 0 saturated carbocycles. The highest BCUT2D eigenvalue weighted by atomic mass is 32.1. The molecule has 0 unspecified atom stereocenters. The highest BCUT2D eigenvalue weighted by Gasteiger charge is 2.19. The lowest BCUT2D eigenvalue weighted by Crippen LogP contribution is -2.35. The number of hydrogen-bond acceptors (Lipinski definition) is 4. The highest BCUT2D eigenvalue weighted by molar-refractivity contribution is 7.22. The number of hydrogen-bond donors (Lipinski definition) is 1. The molecule has 1 fully saturated rings. The van der Waals surface area contributed by atoms with E-state index in [-0.39, 0.29) is 5.91 Å². The Labute approximate surface area is 116 Å². The Bertz CT molecular complexity index is 629. The van der Waals surface area contributed by atoms with Crippen molar-refractivity contribution in [3.8, 4) is 0 Å². The summed E-state index contributed by atoms with van der Waals surface area (Å²) in [6.45, 7) is 3.73. The van der Waals surface area contributed by atoms with E-state index in [1.165, 1.54) is 17.8 Å². The second-order valence-corrected chi connectivity index (χ2v) is 6.11. The van der Waals surface area contributed by atoms with Crippen molar-refractivity contribution in [1.29, 1.82) is 0 Å². The molecule has 1 aromatic heterocycles. The predicted octanol–water partition coefficient (Wildman–Crippen LogP) is 2.81. The van der Waals surface area contributed by atoms with Crippen LogP contribution < -0.4 is 5.73 Å². The monoisotopic (exact) mass is 275 g/mol. The van der Waals surface area contributed by atoms with Crippen LogP contribution in [-0.4, -0.2) is 28.9 Å². The van der Waals surface area contributed by atoms with Gasteiger partial charge in [0.05, 0.1) is 10.2 Å². The number of nitrogen functional groups attached to an aromatic ring is 1. The number of likely N-dealkylation sites (tertiary alicyclic amines) is 1. The van der Waals surface area contributed by atoms with Crippen molar-refractivity contribution in [3.05, 3.63) is 23.3 Å². The van der Waals surface area contributed by atoms with Crippen molar-refractivity contribution in [3.63, 3.8) is 0 Å². The van der Waals surface area contributed by atoms with Gasteiger partial charge in [0.25, 0.3) is 5.91 Å². The summed E-state index contributed by atoms with van der Waals surface area (Å²) in [6, 6.07) is 3.85. The molecule has 0 bridgehead atoms. The summed E-state index contributed by atoms with van der Waals surface area (Å²) in [7, 11) is 0. The number of benzene rings is 1. The average Bonchev–Trinajstić information content (AvgIpc) is 2.80. The predicted molar refractivity (Wildman–Crippen MR) is 78.5 cm³/mol. The molecule has 4 nitrogen and oxygen atoms in total. The van der Waals surface area contributed by atoms with Crippen LogP contribution in [0, 0.1) is 6.92 Å². The average molecular weight is 275 g/mol. The molecule has 1 aliphatic rings. The minimum atomic E-state index is 0.136. The number of nitrogens with two attached hydrogens (primary N) is 1. The third-order valence-electron chi connectivity index (χ3n) is 3.59. The SMILES string of the molecule is Cc1cc(C(=O)N2CCCCC2)cc2sc(N)nc12. The van der Waals surface area contributed by atoms with Gasteiger partial charge in [-0.2, -0.15) is 0 Å². The van der Waals surface area contributed by atoms with Crippen molar-refractivity contribution < 1.29 is 4.79 Å². The lowest BCUT2D eigenvalue weighted by Gasteiger charge is -2.26. The molecule has 2 N–H and O–H groups in total. The Morgan fingerprint density at radius 3 is 2.79 bits per heavy atom. The number of aryl methyl sites for hydroxylation is 1. The van der Waals surface area contributed by atoms with Gasteiger partial charge in [-0.05, 0) is 43.9 Å². The van der Waals surface area contributed by atoms with Gasteiger partial charge in [-0.3, -0.25) is 4.79 Å². The minimum Gasteiger partial charge on any atom is -0.375 e. The molecule has 1 aromatic carbocycles. The van der Waals surface area contributed by atoms with Gasteiger partial charge in [0.1, 0.15) is 0 Å². The molecule has 100 valence electrons. The summed E-state index contributed by atoms with van der Waals surface area (Å²) >= 11 is 1.44. The zero-order chi connectivity index (χ0) is 13.4. The summed E-state index contributed by atoms with van der Waals surface area (Å²) in [4.78, 5) is 18.7. The topological polar surface area (TPSA) is 59.2 Å². The van der Waals surface area contributed by atoms with Gasteiger partial charge in [0.15, 0.2) is 5.13 Å². The van der Waals surface area contributed by atoms with E-state index in [0.717, 1.165) is 47.3 Å². The van der Waals surface area contributed by atoms with Crippen LogP contribution in [0.25, 0.3) is 10.2 Å². The maximum atomic E-state index is 12.5. The summed E-state index contributed by atoms with van der Waals surface area (Å²) in [5.74, 6) is 0.136. The summed E-state index contributed by atoms with van der Waals surface area (Å²) in [6.07, 6.45) is 3.45. The van der Waals surface area contributed by atoms with Crippen molar-refractivity contribution in [2.24, 2.45) is 0 Å². The van der Waals surface area contributed by atoms with E-state index in [4.69, 9.17) is 5.73 Å². The second-order valence-electron chi connectivity index (χ2n) is 5.04. The van der Waals surface area contributed by atoms with Crippen molar-refractivity contribution >= 4 is 32.6 Å². The van der Waals surface area contributed by atoms with Crippen LogP contribution in [0.5, 0.6) is 0 Å². The fraction of sp³-hybridized carbons (Fsp3) is 0.429. The van der Waals surface area contributed by atoms with Crippen LogP contribution >= 0.6 is 11.3 Å². The number of amides is 1. The smallest absolute Gasteiger partial charge is 0.253 e. The van der Waals surface area contributed by atoms with Gasteiger partial charge >= 0.3 is 0 Å². The first-order chi connectivity index (χ1) is 9.15. The molecule has 2 aromatic rings. The van der Waals surface area contributed by atoms with Crippen molar-refractivity contribution in [2.75, 3.05) is 18.8 Å². The number of rotatable bonds is 1. The largest absolute Gasteiger partial charge is 0.375 e. The molecule has 2 heterocycles. The number of nitrogens with zero attached hydrogens (tertiary/aromatic N) is 2. The zero-order valence-corrected chi connectivity index (χ0v) is 11.8. The number of piperidine rings is 1. The van der Waals surface area contributed by atoms with Crippen molar-refractivity contribution in [2.45, 2.75) is 26.2 Å². The van der Waals surface area contributed by atoms with Crippen LogP contribution in [-0.2, 0) is 0 Å². The molecule has 0 spiro atoms. The van der Waals surface area contributed by atoms with Crippen LogP contribution in [0.1, 0.15) is 35.2 Å². The summed E-state index contributed by atoms with van der Waals surface area (Å²) < 4.78 is 0.998. The fourth-order valence-electron chi connectivity index (χ4n) is 2.62. The number of aromatic nitrogens is 1. The first-order valence-corrected chi connectivity index (χ1v) is 7.43. The molecule has 0 radical (unpaired) electrons. The fourth-order valence-corrected chi connectivity index (χ4v) is 3.47. The molecule has 0 atom stereocenters. The lowest BCUT2D eigenvalue weighted by atomic mass is 10.1. The Kier molecular flexibility index (Phi) is 3.14. The quantitative estimate of drug-likeness (QED) is 0.870. The lowest BCUT2D eigenvalue weighted by molar-refractivity contribution is 0.0724. The van der Waals surface area contributed by atoms with Gasteiger partial charge in [0.2, 0.25) is 0 Å². The van der Waals surface area contributed by atoms with E-state index < -0.39 is 0 Å². The van der Waals surface area contributed by atoms with Gasteiger partial charge < -0.3 is 10.6 Å². The number of anilines is 1. The van der Waals surface area contributed by atoms with Crippen LogP contribution in [0.2, 0.25) is 0 Å². The minimum absolute atomic E-state index is 0.136. The molecular formula is C14H17N3OS. The first-order valence-electron chi connectivity index (χ1n) is 6.61. The Balaban J connectivity index is 1.97. The normalized spacial score (nSPS) is 15.9. The summed E-state index contributed by atoms with van der Waals surface area (Å²) in [5, 5.41) is 0.556. The maximum absolute atomic E-state index is 12.5. The molecule has 5 heteroatoms. The van der Waals surface area contributed by atoms with E-state index in [1.54, 1.807) is 0 Å². The highest BCUT2D eigenvalue weighted by Crippen LogP contribution is 2.28. The Morgan fingerprint density at radius 2 is 2.05 bits per heavy atom. The van der Waals surface area contributed by atoms with Crippen LogP contribution in [0.4, 0.5) is 5.13 Å². The van der Waals surface area contributed by atoms with Crippen LogP contribution in [0.3, 0.4) is 0 Å². The molecule has 1 amide bonds. The van der Waals surface area contributed by atoms with E-state index in [9.17, 15) is 4.79 Å². The van der Waals surface area contributed by atoms with Gasteiger partial charge in [-0.25, -0.2) is 4.98 Å². The van der Waals surface area contributed by atoms with E-state index in [0.29, 0.717) is 5.13 Å². The molecule has 3 rings (SSSR count). The molecule has 19 heavy (non-hydrogen) atoms. The molecule has 1 saturated heterocycles. The maximum Gasteiger partial charge on any atom is 0.253 e. The van der Waals surface area contributed by atoms with Gasteiger partial charge in [-0.1, -0.05) is 11.3 Å². The zero-order valence-electron chi connectivity index (χ0n) is 11.0.